The molecule has 25 heavy (non-hydrogen) atoms. The van der Waals surface area contributed by atoms with Crippen molar-refractivity contribution in [3.05, 3.63) is 48.0 Å². The fraction of sp³-hybridized carbons (Fsp3) is 0.579. The SMILES string of the molecule is Cn1cc(CN2CCOC[C@]3(CCN(Cc4cccnc4)C3)C2)cn1. The van der Waals surface area contributed by atoms with E-state index < -0.39 is 0 Å². The van der Waals surface area contributed by atoms with Crippen molar-refractivity contribution in [2.24, 2.45) is 12.5 Å². The molecule has 134 valence electrons. The molecule has 0 radical (unpaired) electrons. The summed E-state index contributed by atoms with van der Waals surface area (Å²) in [5, 5.41) is 4.30. The van der Waals surface area contributed by atoms with E-state index in [0.29, 0.717) is 0 Å². The predicted molar refractivity (Wildman–Crippen MR) is 95.9 cm³/mol. The molecule has 0 aliphatic carbocycles. The van der Waals surface area contributed by atoms with Crippen LogP contribution in [-0.4, -0.2) is 64.0 Å². The van der Waals surface area contributed by atoms with Crippen molar-refractivity contribution in [3.8, 4) is 0 Å². The zero-order valence-electron chi connectivity index (χ0n) is 15.0. The molecule has 4 rings (SSSR count). The van der Waals surface area contributed by atoms with Crippen molar-refractivity contribution >= 4 is 0 Å². The molecule has 4 heterocycles. The molecular weight excluding hydrogens is 314 g/mol. The van der Waals surface area contributed by atoms with Crippen molar-refractivity contribution in [2.45, 2.75) is 19.5 Å². The molecule has 2 aliphatic heterocycles. The second-order valence-corrected chi connectivity index (χ2v) is 7.61. The number of ether oxygens (including phenoxy) is 1. The van der Waals surface area contributed by atoms with Gasteiger partial charge in [-0.05, 0) is 24.6 Å². The Morgan fingerprint density at radius 2 is 1.96 bits per heavy atom. The largest absolute Gasteiger partial charge is 0.379 e. The zero-order valence-corrected chi connectivity index (χ0v) is 15.0. The van der Waals surface area contributed by atoms with Gasteiger partial charge in [-0.3, -0.25) is 19.5 Å². The highest BCUT2D eigenvalue weighted by Crippen LogP contribution is 2.34. The highest BCUT2D eigenvalue weighted by atomic mass is 16.5. The average molecular weight is 341 g/mol. The molecule has 0 aromatic carbocycles. The lowest BCUT2D eigenvalue weighted by molar-refractivity contribution is 0.0706. The Hall–Kier alpha value is -1.76. The fourth-order valence-electron chi connectivity index (χ4n) is 4.19. The summed E-state index contributed by atoms with van der Waals surface area (Å²) in [6, 6.07) is 4.18. The smallest absolute Gasteiger partial charge is 0.0593 e. The number of hydrogen-bond acceptors (Lipinski definition) is 5. The third-order valence-corrected chi connectivity index (χ3v) is 5.33. The van der Waals surface area contributed by atoms with E-state index in [9.17, 15) is 0 Å². The molecule has 2 aliphatic rings. The van der Waals surface area contributed by atoms with E-state index in [1.54, 1.807) is 0 Å². The first kappa shape index (κ1) is 16.7. The van der Waals surface area contributed by atoms with E-state index in [1.165, 1.54) is 17.5 Å². The van der Waals surface area contributed by atoms with E-state index in [4.69, 9.17) is 4.74 Å². The lowest BCUT2D eigenvalue weighted by Crippen LogP contribution is -2.40. The highest BCUT2D eigenvalue weighted by molar-refractivity contribution is 5.09. The molecule has 6 heteroatoms. The monoisotopic (exact) mass is 341 g/mol. The first-order valence-corrected chi connectivity index (χ1v) is 9.10. The molecule has 1 atom stereocenters. The molecule has 0 unspecified atom stereocenters. The number of hydrogen-bond donors (Lipinski definition) is 0. The zero-order chi connectivity index (χ0) is 17.1. The Morgan fingerprint density at radius 1 is 1.12 bits per heavy atom. The van der Waals surface area contributed by atoms with Crippen LogP contribution in [0.4, 0.5) is 0 Å². The molecule has 0 saturated carbocycles. The molecule has 6 nitrogen and oxygen atoms in total. The number of nitrogens with zero attached hydrogens (tertiary/aromatic N) is 5. The van der Waals surface area contributed by atoms with Gasteiger partial charge >= 0.3 is 0 Å². The standard InChI is InChI=1S/C19H27N5O/c1-22-11-18(10-21-22)13-24-7-8-25-16-19(15-24)4-6-23(14-19)12-17-3-2-5-20-9-17/h2-3,5,9-11H,4,6-8,12-16H2,1H3/t19-/m0/s1. The molecule has 0 amide bonds. The van der Waals surface area contributed by atoms with Crippen LogP contribution in [0.5, 0.6) is 0 Å². The van der Waals surface area contributed by atoms with Crippen molar-refractivity contribution < 1.29 is 4.74 Å². The summed E-state index contributed by atoms with van der Waals surface area (Å²) in [6.07, 6.45) is 9.11. The topological polar surface area (TPSA) is 46.4 Å². The summed E-state index contributed by atoms with van der Waals surface area (Å²) in [7, 11) is 1.98. The van der Waals surface area contributed by atoms with E-state index >= 15 is 0 Å². The summed E-state index contributed by atoms with van der Waals surface area (Å²) in [4.78, 5) is 9.33. The fourth-order valence-corrected chi connectivity index (χ4v) is 4.19. The first-order valence-electron chi connectivity index (χ1n) is 9.10. The minimum Gasteiger partial charge on any atom is -0.379 e. The Balaban J connectivity index is 1.40. The van der Waals surface area contributed by atoms with E-state index in [0.717, 1.165) is 52.5 Å². The van der Waals surface area contributed by atoms with Crippen molar-refractivity contribution in [3.63, 3.8) is 0 Å². The van der Waals surface area contributed by atoms with Gasteiger partial charge in [-0.15, -0.1) is 0 Å². The second-order valence-electron chi connectivity index (χ2n) is 7.61. The van der Waals surface area contributed by atoms with Gasteiger partial charge in [0.15, 0.2) is 0 Å². The molecule has 1 spiro atoms. The third kappa shape index (κ3) is 4.08. The maximum atomic E-state index is 6.00. The van der Waals surface area contributed by atoms with Gasteiger partial charge in [0.1, 0.15) is 0 Å². The summed E-state index contributed by atoms with van der Waals surface area (Å²) in [6.45, 7) is 7.99. The van der Waals surface area contributed by atoms with Crippen molar-refractivity contribution in [1.29, 1.82) is 0 Å². The van der Waals surface area contributed by atoms with Crippen molar-refractivity contribution in [1.82, 2.24) is 24.6 Å². The van der Waals surface area contributed by atoms with Gasteiger partial charge in [-0.1, -0.05) is 6.07 Å². The van der Waals surface area contributed by atoms with E-state index in [-0.39, 0.29) is 5.41 Å². The van der Waals surface area contributed by atoms with Gasteiger partial charge in [0.2, 0.25) is 0 Å². The van der Waals surface area contributed by atoms with Crippen LogP contribution in [-0.2, 0) is 24.9 Å². The lowest BCUT2D eigenvalue weighted by atomic mass is 9.87. The van der Waals surface area contributed by atoms with Crippen LogP contribution in [0.15, 0.2) is 36.9 Å². The number of aromatic nitrogens is 3. The predicted octanol–water partition coefficient (Wildman–Crippen LogP) is 1.54. The molecule has 0 bridgehead atoms. The molecular formula is C19H27N5O. The third-order valence-electron chi connectivity index (χ3n) is 5.33. The summed E-state index contributed by atoms with van der Waals surface area (Å²) in [5.41, 5.74) is 2.83. The van der Waals surface area contributed by atoms with Crippen molar-refractivity contribution in [2.75, 3.05) is 39.4 Å². The Morgan fingerprint density at radius 3 is 2.72 bits per heavy atom. The molecule has 2 aromatic rings. The lowest BCUT2D eigenvalue weighted by Gasteiger charge is -2.31. The summed E-state index contributed by atoms with van der Waals surface area (Å²) < 4.78 is 7.88. The average Bonchev–Trinajstić information content (AvgIpc) is 3.12. The quantitative estimate of drug-likeness (QED) is 0.844. The summed E-state index contributed by atoms with van der Waals surface area (Å²) in [5.74, 6) is 0. The van der Waals surface area contributed by atoms with Gasteiger partial charge in [0.25, 0.3) is 0 Å². The van der Waals surface area contributed by atoms with E-state index in [1.807, 2.05) is 36.4 Å². The maximum absolute atomic E-state index is 6.00. The highest BCUT2D eigenvalue weighted by Gasteiger charge is 2.41. The van der Waals surface area contributed by atoms with Crippen LogP contribution in [0.1, 0.15) is 17.5 Å². The molecule has 2 saturated heterocycles. The van der Waals surface area contributed by atoms with Crippen LogP contribution in [0, 0.1) is 5.41 Å². The second kappa shape index (κ2) is 7.23. The van der Waals surface area contributed by atoms with Gasteiger partial charge in [-0.25, -0.2) is 0 Å². The minimum absolute atomic E-state index is 0.251. The van der Waals surface area contributed by atoms with Crippen LogP contribution in [0.2, 0.25) is 0 Å². The van der Waals surface area contributed by atoms with Gasteiger partial charge < -0.3 is 4.74 Å². The van der Waals surface area contributed by atoms with Crippen LogP contribution in [0.25, 0.3) is 0 Å². The number of likely N-dealkylation sites (tertiary alicyclic amines) is 1. The molecule has 2 fully saturated rings. The number of rotatable bonds is 4. The molecule has 0 N–H and O–H groups in total. The van der Waals surface area contributed by atoms with Crippen LogP contribution < -0.4 is 0 Å². The Labute approximate surface area is 149 Å². The number of pyridine rings is 1. The van der Waals surface area contributed by atoms with Gasteiger partial charge in [-0.2, -0.15) is 5.10 Å². The van der Waals surface area contributed by atoms with E-state index in [2.05, 4.69) is 32.1 Å². The Kier molecular flexibility index (Phi) is 4.83. The van der Waals surface area contributed by atoms with Gasteiger partial charge in [0, 0.05) is 69.3 Å². The maximum Gasteiger partial charge on any atom is 0.0593 e. The number of aryl methyl sites for hydroxylation is 1. The first-order chi connectivity index (χ1) is 12.2. The van der Waals surface area contributed by atoms with Crippen LogP contribution in [0.3, 0.4) is 0 Å². The molecule has 2 aromatic heterocycles. The van der Waals surface area contributed by atoms with Crippen LogP contribution >= 0.6 is 0 Å². The van der Waals surface area contributed by atoms with Gasteiger partial charge in [0.05, 0.1) is 19.4 Å². The minimum atomic E-state index is 0.251. The normalized spacial score (nSPS) is 25.5. The Bertz CT molecular complexity index is 688. The summed E-state index contributed by atoms with van der Waals surface area (Å²) >= 11 is 0.